The topological polar surface area (TPSA) is 85.2 Å². The molecule has 3 aromatic rings. The normalized spacial score (nSPS) is 13.9. The summed E-state index contributed by atoms with van der Waals surface area (Å²) in [5, 5.41) is 0.435. The molecule has 0 aliphatic heterocycles. The van der Waals surface area contributed by atoms with E-state index in [-0.39, 0.29) is 33.5 Å². The highest BCUT2D eigenvalue weighted by molar-refractivity contribution is 7.89. The van der Waals surface area contributed by atoms with Crippen molar-refractivity contribution >= 4 is 49.8 Å². The number of benzene rings is 2. The van der Waals surface area contributed by atoms with Gasteiger partial charge in [-0.2, -0.15) is 0 Å². The number of carbonyl (C=O) groups excluding carboxylic acids is 2. The number of fused-ring (bicyclic) bond motifs is 1. The number of aromatic nitrogens is 1. The Labute approximate surface area is 201 Å². The number of hydrogen-bond donors (Lipinski definition) is 1. The van der Waals surface area contributed by atoms with Crippen molar-refractivity contribution in [1.82, 2.24) is 9.29 Å². The summed E-state index contributed by atoms with van der Waals surface area (Å²) < 4.78 is 82.4. The molecule has 0 saturated carbocycles. The molecule has 0 atom stereocenters. The van der Waals surface area contributed by atoms with Crippen molar-refractivity contribution in [1.29, 1.82) is 0 Å². The Hall–Kier alpha value is -3.44. The standard InChI is InChI=1S/C23H15ClF4N2O4S/c1-35(33,34)29-23(32)22-18(13-4-2-3-5-17(13)31)14-9-12(24)6-7-16(14)30(22)10-11-8-15(25)20(27)21(28)19(11)26/h2-4,6-9H,5,10H2,1H3,(H,29,32). The summed E-state index contributed by atoms with van der Waals surface area (Å²) in [4.78, 5) is 25.9. The van der Waals surface area contributed by atoms with E-state index in [1.165, 1.54) is 24.3 Å². The van der Waals surface area contributed by atoms with E-state index in [0.29, 0.717) is 6.07 Å². The average Bonchev–Trinajstić information content (AvgIpc) is 3.08. The summed E-state index contributed by atoms with van der Waals surface area (Å²) in [6.45, 7) is -0.706. The van der Waals surface area contributed by atoms with Gasteiger partial charge >= 0.3 is 0 Å². The second-order valence-corrected chi connectivity index (χ2v) is 9.95. The van der Waals surface area contributed by atoms with E-state index in [4.69, 9.17) is 11.6 Å². The van der Waals surface area contributed by atoms with Gasteiger partial charge in [0.1, 0.15) is 5.69 Å². The minimum Gasteiger partial charge on any atom is -0.331 e. The van der Waals surface area contributed by atoms with Crippen molar-refractivity contribution in [2.24, 2.45) is 0 Å². The molecule has 0 bridgehead atoms. The van der Waals surface area contributed by atoms with Gasteiger partial charge in [-0.1, -0.05) is 29.8 Å². The van der Waals surface area contributed by atoms with Crippen LogP contribution in [-0.4, -0.2) is 30.9 Å². The molecule has 182 valence electrons. The Kier molecular flexibility index (Phi) is 6.32. The lowest BCUT2D eigenvalue weighted by atomic mass is 9.93. The van der Waals surface area contributed by atoms with E-state index >= 15 is 0 Å². The lowest BCUT2D eigenvalue weighted by molar-refractivity contribution is -0.113. The summed E-state index contributed by atoms with van der Waals surface area (Å²) >= 11 is 6.13. The quantitative estimate of drug-likeness (QED) is 0.301. The molecule has 0 fully saturated rings. The van der Waals surface area contributed by atoms with Crippen LogP contribution < -0.4 is 4.72 Å². The molecule has 1 aromatic heterocycles. The predicted octanol–water partition coefficient (Wildman–Crippen LogP) is 4.50. The lowest BCUT2D eigenvalue weighted by Gasteiger charge is -2.15. The number of allylic oxidation sites excluding steroid dienone is 4. The Bertz CT molecular complexity index is 1590. The van der Waals surface area contributed by atoms with Crippen LogP contribution in [0.1, 0.15) is 28.0 Å². The summed E-state index contributed by atoms with van der Waals surface area (Å²) in [5.74, 6) is -8.97. The molecule has 1 aliphatic carbocycles. The van der Waals surface area contributed by atoms with Gasteiger partial charge in [0.25, 0.3) is 5.91 Å². The summed E-state index contributed by atoms with van der Waals surface area (Å²) in [6.07, 6.45) is 5.28. The van der Waals surface area contributed by atoms with E-state index in [1.807, 2.05) is 0 Å². The Morgan fingerprint density at radius 1 is 1.11 bits per heavy atom. The number of sulfonamides is 1. The molecule has 35 heavy (non-hydrogen) atoms. The van der Waals surface area contributed by atoms with Crippen molar-refractivity contribution in [2.45, 2.75) is 13.0 Å². The molecule has 2 aromatic carbocycles. The number of hydrogen-bond acceptors (Lipinski definition) is 4. The number of nitrogens with one attached hydrogen (secondary N) is 1. The zero-order valence-electron chi connectivity index (χ0n) is 17.8. The smallest absolute Gasteiger partial charge is 0.282 e. The molecule has 1 amide bonds. The molecule has 1 aliphatic rings. The molecule has 0 saturated heterocycles. The van der Waals surface area contributed by atoms with Gasteiger partial charge < -0.3 is 4.57 Å². The minimum absolute atomic E-state index is 0.00136. The molecule has 0 spiro atoms. The first kappa shape index (κ1) is 24.7. The van der Waals surface area contributed by atoms with Gasteiger partial charge in [0.05, 0.1) is 12.8 Å². The Morgan fingerprint density at radius 2 is 1.83 bits per heavy atom. The monoisotopic (exact) mass is 526 g/mol. The molecule has 4 rings (SSSR count). The van der Waals surface area contributed by atoms with Crippen LogP contribution in [0.25, 0.3) is 16.5 Å². The Morgan fingerprint density at radius 3 is 2.49 bits per heavy atom. The van der Waals surface area contributed by atoms with E-state index in [9.17, 15) is 35.6 Å². The molecular formula is C23H15ClF4N2O4S. The van der Waals surface area contributed by atoms with Crippen molar-refractivity contribution in [3.63, 3.8) is 0 Å². The zero-order valence-corrected chi connectivity index (χ0v) is 19.4. The van der Waals surface area contributed by atoms with Crippen molar-refractivity contribution in [3.8, 4) is 0 Å². The molecular weight excluding hydrogens is 512 g/mol. The van der Waals surface area contributed by atoms with Crippen LogP contribution in [0.15, 0.2) is 42.5 Å². The second-order valence-electron chi connectivity index (χ2n) is 7.77. The number of rotatable bonds is 5. The maximum Gasteiger partial charge on any atom is 0.282 e. The van der Waals surface area contributed by atoms with Gasteiger partial charge in [-0.05, 0) is 24.3 Å². The second kappa shape index (κ2) is 8.97. The third kappa shape index (κ3) is 4.61. The minimum atomic E-state index is -4.10. The highest BCUT2D eigenvalue weighted by Crippen LogP contribution is 2.36. The first-order valence-electron chi connectivity index (χ1n) is 9.95. The number of Topliss-reactive ketones (excluding diaryl/α,β-unsaturated/α-hetero) is 1. The third-order valence-corrected chi connectivity index (χ3v) is 6.09. The zero-order chi connectivity index (χ0) is 25.7. The fourth-order valence-electron chi connectivity index (χ4n) is 3.89. The number of halogens is 5. The van der Waals surface area contributed by atoms with E-state index in [0.717, 1.165) is 10.8 Å². The molecule has 1 N–H and O–H groups in total. The fraction of sp³-hybridized carbons (Fsp3) is 0.130. The largest absolute Gasteiger partial charge is 0.331 e. The maximum atomic E-state index is 14.5. The van der Waals surface area contributed by atoms with E-state index < -0.39 is 62.8 Å². The van der Waals surface area contributed by atoms with E-state index in [1.54, 1.807) is 16.9 Å². The van der Waals surface area contributed by atoms with Crippen LogP contribution in [0.3, 0.4) is 0 Å². The van der Waals surface area contributed by atoms with Gasteiger partial charge in [0.2, 0.25) is 10.0 Å². The predicted molar refractivity (Wildman–Crippen MR) is 121 cm³/mol. The van der Waals surface area contributed by atoms with Gasteiger partial charge in [-0.3, -0.25) is 9.59 Å². The van der Waals surface area contributed by atoms with Crippen LogP contribution in [-0.2, 0) is 21.4 Å². The molecule has 1 heterocycles. The molecule has 0 unspecified atom stereocenters. The summed E-state index contributed by atoms with van der Waals surface area (Å²) in [5.41, 5.74) is -0.824. The molecule has 12 heteroatoms. The van der Waals surface area contributed by atoms with Gasteiger partial charge in [-0.15, -0.1) is 0 Å². The number of nitrogens with zero attached hydrogens (tertiary/aromatic N) is 1. The highest BCUT2D eigenvalue weighted by atomic mass is 35.5. The number of ketones is 1. The summed E-state index contributed by atoms with van der Waals surface area (Å²) in [7, 11) is -4.10. The molecule has 6 nitrogen and oxygen atoms in total. The van der Waals surface area contributed by atoms with Crippen LogP contribution >= 0.6 is 11.6 Å². The third-order valence-electron chi connectivity index (χ3n) is 5.30. The first-order chi connectivity index (χ1) is 16.4. The van der Waals surface area contributed by atoms with E-state index in [2.05, 4.69) is 0 Å². The average molecular weight is 527 g/mol. The first-order valence-corrected chi connectivity index (χ1v) is 12.2. The fourth-order valence-corrected chi connectivity index (χ4v) is 4.49. The van der Waals surface area contributed by atoms with Gasteiger partial charge in [0.15, 0.2) is 29.1 Å². The van der Waals surface area contributed by atoms with Crippen molar-refractivity contribution in [2.75, 3.05) is 6.26 Å². The summed E-state index contributed by atoms with van der Waals surface area (Å²) in [6, 6.07) is 4.67. The van der Waals surface area contributed by atoms with Crippen LogP contribution in [0.2, 0.25) is 5.02 Å². The SMILES string of the molecule is CS(=O)(=O)NC(=O)c1c(C2=CC=CCC2=O)c2cc(Cl)ccc2n1Cc1cc(F)c(F)c(F)c1F. The van der Waals surface area contributed by atoms with Gasteiger partial charge in [-0.25, -0.2) is 30.7 Å². The van der Waals surface area contributed by atoms with Crippen LogP contribution in [0.5, 0.6) is 0 Å². The van der Waals surface area contributed by atoms with Crippen LogP contribution in [0.4, 0.5) is 17.6 Å². The number of amides is 1. The van der Waals surface area contributed by atoms with Crippen molar-refractivity contribution in [3.05, 3.63) is 87.6 Å². The maximum absolute atomic E-state index is 14.5. The van der Waals surface area contributed by atoms with Crippen molar-refractivity contribution < 1.29 is 35.6 Å². The molecule has 0 radical (unpaired) electrons. The number of carbonyl (C=O) groups is 2. The van der Waals surface area contributed by atoms with Gasteiger partial charge in [0, 0.05) is 39.0 Å². The van der Waals surface area contributed by atoms with Crippen LogP contribution in [0, 0.1) is 23.3 Å². The Balaban J connectivity index is 2.08. The lowest BCUT2D eigenvalue weighted by Crippen LogP contribution is -2.32. The highest BCUT2D eigenvalue weighted by Gasteiger charge is 2.30.